The summed E-state index contributed by atoms with van der Waals surface area (Å²) in [7, 11) is -0.580. The number of amides is 1. The molecule has 1 amide bonds. The Bertz CT molecular complexity index is 1210. The third-order valence-electron chi connectivity index (χ3n) is 9.56. The fraction of sp³-hybridized carbons (Fsp3) is 0.727. The molecule has 1 saturated carbocycles. The van der Waals surface area contributed by atoms with Crippen molar-refractivity contribution in [3.8, 4) is 17.3 Å². The third-order valence-corrected chi connectivity index (χ3v) is 15.9. The Morgan fingerprint density at radius 1 is 1.14 bits per heavy atom. The number of pyridine rings is 1. The first-order chi connectivity index (χ1) is 19.6. The van der Waals surface area contributed by atoms with E-state index in [2.05, 4.69) is 59.1 Å². The van der Waals surface area contributed by atoms with E-state index in [1.807, 2.05) is 6.20 Å². The molecular weight excluding hydrogens is 548 g/mol. The normalized spacial score (nSPS) is 25.6. The van der Waals surface area contributed by atoms with Gasteiger partial charge < -0.3 is 18.9 Å². The first-order valence-corrected chi connectivity index (χ1v) is 17.7. The van der Waals surface area contributed by atoms with Crippen LogP contribution in [0.2, 0.25) is 16.6 Å². The van der Waals surface area contributed by atoms with E-state index in [1.54, 1.807) is 20.8 Å². The highest BCUT2D eigenvalue weighted by Gasteiger charge is 2.58. The van der Waals surface area contributed by atoms with Gasteiger partial charge in [0, 0.05) is 35.8 Å². The van der Waals surface area contributed by atoms with Gasteiger partial charge in [0.05, 0.1) is 20.3 Å². The van der Waals surface area contributed by atoms with E-state index in [1.165, 1.54) is 12.0 Å². The van der Waals surface area contributed by atoms with Crippen LogP contribution in [0.3, 0.4) is 0 Å². The number of aromatic nitrogens is 1. The Hall–Kier alpha value is -2.57. The molecule has 8 nitrogen and oxygen atoms in total. The molecule has 1 aliphatic carbocycles. The van der Waals surface area contributed by atoms with Crippen molar-refractivity contribution in [3.05, 3.63) is 23.4 Å². The number of esters is 1. The molecular formula is C33H50N2O6Si. The fourth-order valence-electron chi connectivity index (χ4n) is 7.36. The van der Waals surface area contributed by atoms with Crippen LogP contribution in [-0.2, 0) is 24.4 Å². The predicted molar refractivity (Wildman–Crippen MR) is 165 cm³/mol. The largest absolute Gasteiger partial charge is 0.472 e. The number of carbonyl (C=O) groups excluding carboxylic acids is 2. The Kier molecular flexibility index (Phi) is 9.39. The molecule has 9 heteroatoms. The van der Waals surface area contributed by atoms with Gasteiger partial charge in [-0.3, -0.25) is 4.90 Å². The first kappa shape index (κ1) is 32.3. The number of ether oxygens (including phenoxy) is 4. The molecule has 2 saturated heterocycles. The van der Waals surface area contributed by atoms with Crippen LogP contribution in [0.1, 0.15) is 92.7 Å². The summed E-state index contributed by atoms with van der Waals surface area (Å²) in [5.41, 5.74) is 6.72. The number of fused-ring (bicyclic) bond motifs is 1. The van der Waals surface area contributed by atoms with Crippen LogP contribution in [0.5, 0.6) is 5.88 Å². The summed E-state index contributed by atoms with van der Waals surface area (Å²) >= 11 is 0. The van der Waals surface area contributed by atoms with E-state index in [0.717, 1.165) is 30.6 Å². The van der Waals surface area contributed by atoms with Gasteiger partial charge in [-0.2, -0.15) is 0 Å². The van der Waals surface area contributed by atoms with Crippen LogP contribution in [-0.4, -0.2) is 74.6 Å². The molecule has 0 bridgehead atoms. The number of hydrogen-bond donors (Lipinski definition) is 0. The number of hydrogen-bond acceptors (Lipinski definition) is 7. The second-order valence-corrected chi connectivity index (χ2v) is 19.8. The lowest BCUT2D eigenvalue weighted by Crippen LogP contribution is -2.44. The van der Waals surface area contributed by atoms with E-state index in [9.17, 15) is 9.59 Å². The molecule has 42 heavy (non-hydrogen) atoms. The number of rotatable bonds is 7. The van der Waals surface area contributed by atoms with E-state index in [-0.39, 0.29) is 12.0 Å². The maximum atomic E-state index is 13.0. The molecule has 2 unspecified atom stereocenters. The molecule has 2 aliphatic heterocycles. The molecule has 0 N–H and O–H groups in total. The average molecular weight is 599 g/mol. The molecule has 3 aliphatic rings. The van der Waals surface area contributed by atoms with E-state index in [0.29, 0.717) is 41.4 Å². The van der Waals surface area contributed by atoms with Crippen LogP contribution in [0, 0.1) is 17.4 Å². The van der Waals surface area contributed by atoms with Gasteiger partial charge in [-0.15, -0.1) is 5.54 Å². The summed E-state index contributed by atoms with van der Waals surface area (Å²) in [5, 5.41) is 0. The minimum absolute atomic E-state index is 0.0356. The summed E-state index contributed by atoms with van der Waals surface area (Å²) in [6, 6.07) is 1.40. The lowest BCUT2D eigenvalue weighted by molar-refractivity contribution is -0.145. The predicted octanol–water partition coefficient (Wildman–Crippen LogP) is 6.26. The number of methoxy groups -OCH3 is 1. The van der Waals surface area contributed by atoms with Crippen molar-refractivity contribution >= 4 is 20.1 Å². The van der Waals surface area contributed by atoms with Crippen molar-refractivity contribution in [2.24, 2.45) is 5.92 Å². The Balaban J connectivity index is 1.67. The average Bonchev–Trinajstić information content (AvgIpc) is 3.51. The smallest absolute Gasteiger partial charge is 0.411 e. The summed E-state index contributed by atoms with van der Waals surface area (Å²) in [6.07, 6.45) is 3.08. The van der Waals surface area contributed by atoms with Gasteiger partial charge in [0.2, 0.25) is 5.88 Å². The van der Waals surface area contributed by atoms with Crippen LogP contribution < -0.4 is 4.74 Å². The topological polar surface area (TPSA) is 87.2 Å². The van der Waals surface area contributed by atoms with Crippen molar-refractivity contribution in [2.75, 3.05) is 26.9 Å². The van der Waals surface area contributed by atoms with E-state index >= 15 is 0 Å². The van der Waals surface area contributed by atoms with Gasteiger partial charge in [0.1, 0.15) is 25.8 Å². The standard InChI is InChI=1S/C33H50N2O6Si/c1-21(2)42(22(3)4,23(5)6)14-11-24-15-27(33-12-13-39-20-25(33)17-33)29(34-18-24)40-26-16-28(30(36)38-10)35(19-26)31(37)41-32(7,8)9/h15,18,21-23,25-26,28H,12-13,16-17,19-20H2,1-10H3/t25?,26-,28-,33?/m0/s1. The second-order valence-electron chi connectivity index (χ2n) is 14.3. The van der Waals surface area contributed by atoms with Gasteiger partial charge >= 0.3 is 12.1 Å². The Labute approximate surface area is 253 Å². The molecule has 1 aromatic heterocycles. The Morgan fingerprint density at radius 3 is 2.38 bits per heavy atom. The Morgan fingerprint density at radius 2 is 1.81 bits per heavy atom. The molecule has 1 aromatic rings. The summed E-state index contributed by atoms with van der Waals surface area (Å²) in [5.74, 6) is 4.08. The number of carbonyl (C=O) groups is 2. The summed E-state index contributed by atoms with van der Waals surface area (Å²) in [4.78, 5) is 31.9. The zero-order chi connectivity index (χ0) is 31.0. The molecule has 3 heterocycles. The monoisotopic (exact) mass is 598 g/mol. The van der Waals surface area contributed by atoms with Gasteiger partial charge in [0.25, 0.3) is 0 Å². The molecule has 4 rings (SSSR count). The van der Waals surface area contributed by atoms with Crippen molar-refractivity contribution in [1.29, 1.82) is 0 Å². The number of nitrogens with zero attached hydrogens (tertiary/aromatic N) is 2. The highest BCUT2D eigenvalue weighted by molar-refractivity contribution is 6.90. The summed E-state index contributed by atoms with van der Waals surface area (Å²) < 4.78 is 22.9. The molecule has 0 aromatic carbocycles. The highest BCUT2D eigenvalue weighted by atomic mass is 28.3. The van der Waals surface area contributed by atoms with Gasteiger partial charge in [-0.1, -0.05) is 47.5 Å². The van der Waals surface area contributed by atoms with Crippen molar-refractivity contribution < 1.29 is 28.5 Å². The zero-order valence-electron chi connectivity index (χ0n) is 27.2. The maximum Gasteiger partial charge on any atom is 0.411 e. The van der Waals surface area contributed by atoms with Crippen LogP contribution in [0.15, 0.2) is 12.3 Å². The van der Waals surface area contributed by atoms with Crippen LogP contribution in [0.25, 0.3) is 0 Å². The van der Waals surface area contributed by atoms with Crippen LogP contribution >= 0.6 is 0 Å². The molecule has 3 fully saturated rings. The second kappa shape index (κ2) is 12.2. The highest BCUT2D eigenvalue weighted by Crippen LogP contribution is 2.60. The minimum Gasteiger partial charge on any atom is -0.472 e. The van der Waals surface area contributed by atoms with Gasteiger partial charge in [-0.05, 0) is 62.2 Å². The molecule has 0 radical (unpaired) electrons. The van der Waals surface area contributed by atoms with Crippen molar-refractivity contribution in [2.45, 2.75) is 121 Å². The van der Waals surface area contributed by atoms with E-state index < -0.39 is 37.9 Å². The quantitative estimate of drug-likeness (QED) is 0.208. The fourth-order valence-corrected chi connectivity index (χ4v) is 12.6. The minimum atomic E-state index is -1.91. The zero-order valence-corrected chi connectivity index (χ0v) is 28.2. The van der Waals surface area contributed by atoms with Crippen molar-refractivity contribution in [1.82, 2.24) is 9.88 Å². The molecule has 4 atom stereocenters. The van der Waals surface area contributed by atoms with Crippen LogP contribution in [0.4, 0.5) is 4.79 Å². The number of likely N-dealkylation sites (tertiary alicyclic amines) is 1. The van der Waals surface area contributed by atoms with E-state index in [4.69, 9.17) is 23.9 Å². The molecule has 0 spiro atoms. The third kappa shape index (κ3) is 6.35. The maximum absolute atomic E-state index is 13.0. The van der Waals surface area contributed by atoms with Crippen molar-refractivity contribution in [3.63, 3.8) is 0 Å². The lowest BCUT2D eigenvalue weighted by Gasteiger charge is -2.38. The SMILES string of the molecule is COC(=O)[C@@H]1C[C@H](Oc2ncc(C#C[Si](C(C)C)(C(C)C)C(C)C)cc2C23CCOCC2C3)CN1C(=O)OC(C)(C)C. The van der Waals surface area contributed by atoms with Gasteiger partial charge in [-0.25, -0.2) is 14.6 Å². The molecule has 232 valence electrons. The first-order valence-electron chi connectivity index (χ1n) is 15.5. The summed E-state index contributed by atoms with van der Waals surface area (Å²) in [6.45, 7) is 21.0. The van der Waals surface area contributed by atoms with Gasteiger partial charge in [0.15, 0.2) is 0 Å². The lowest BCUT2D eigenvalue weighted by atomic mass is 9.89.